The van der Waals surface area contributed by atoms with Crippen molar-refractivity contribution in [1.29, 1.82) is 0 Å². The molecule has 0 bridgehead atoms. The molecule has 2 aromatic carbocycles. The van der Waals surface area contributed by atoms with E-state index in [1.54, 1.807) is 24.3 Å². The second-order valence-electron chi connectivity index (χ2n) is 7.64. The Morgan fingerprint density at radius 1 is 1.03 bits per heavy atom. The zero-order valence-corrected chi connectivity index (χ0v) is 17.9. The highest BCUT2D eigenvalue weighted by molar-refractivity contribution is 5.94. The first kappa shape index (κ1) is 21.7. The lowest BCUT2D eigenvalue weighted by Gasteiger charge is -2.32. The number of aryl methyl sites for hydroxylation is 2. The molecule has 160 valence electrons. The molecule has 1 saturated heterocycles. The Morgan fingerprint density at radius 3 is 2.37 bits per heavy atom. The van der Waals surface area contributed by atoms with Crippen molar-refractivity contribution in [2.24, 2.45) is 0 Å². The second-order valence-corrected chi connectivity index (χ2v) is 7.64. The first-order valence-electron chi connectivity index (χ1n) is 10.5. The van der Waals surface area contributed by atoms with Gasteiger partial charge in [-0.3, -0.25) is 9.59 Å². The van der Waals surface area contributed by atoms with Gasteiger partial charge in [0.25, 0.3) is 11.8 Å². The van der Waals surface area contributed by atoms with Crippen LogP contribution in [0.2, 0.25) is 0 Å². The molecule has 1 aliphatic heterocycles. The van der Waals surface area contributed by atoms with E-state index in [1.807, 2.05) is 43.9 Å². The molecule has 0 saturated carbocycles. The molecule has 1 N–H and O–H groups in total. The standard InChI is InChI=1S/C24H30N2O4/c1-4-29-21-8-6-19(7-9-21)24(28)25-20-11-13-26(14-12-20)23(27)16-30-22-10-5-17(2)15-18(22)3/h5-10,15,20H,4,11-14,16H2,1-3H3,(H,25,28). The van der Waals surface area contributed by atoms with Crippen LogP contribution in [0.1, 0.15) is 41.3 Å². The summed E-state index contributed by atoms with van der Waals surface area (Å²) >= 11 is 0. The molecule has 1 fully saturated rings. The minimum Gasteiger partial charge on any atom is -0.494 e. The molecular weight excluding hydrogens is 380 g/mol. The van der Waals surface area contributed by atoms with Crippen molar-refractivity contribution in [3.63, 3.8) is 0 Å². The molecule has 0 radical (unpaired) electrons. The zero-order valence-electron chi connectivity index (χ0n) is 17.9. The fraction of sp³-hybridized carbons (Fsp3) is 0.417. The Labute approximate surface area is 178 Å². The van der Waals surface area contributed by atoms with Gasteiger partial charge in [0.1, 0.15) is 11.5 Å². The average molecular weight is 411 g/mol. The normalized spacial score (nSPS) is 14.3. The van der Waals surface area contributed by atoms with Crippen LogP contribution in [0.15, 0.2) is 42.5 Å². The van der Waals surface area contributed by atoms with Gasteiger partial charge < -0.3 is 19.7 Å². The van der Waals surface area contributed by atoms with E-state index in [-0.39, 0.29) is 24.5 Å². The summed E-state index contributed by atoms with van der Waals surface area (Å²) in [5.41, 5.74) is 2.80. The van der Waals surface area contributed by atoms with Gasteiger partial charge in [0.05, 0.1) is 6.61 Å². The molecule has 1 heterocycles. The lowest BCUT2D eigenvalue weighted by Crippen LogP contribution is -2.47. The number of hydrogen-bond acceptors (Lipinski definition) is 4. The number of carbonyl (C=O) groups excluding carboxylic acids is 2. The van der Waals surface area contributed by atoms with Crippen LogP contribution in [0.4, 0.5) is 0 Å². The summed E-state index contributed by atoms with van der Waals surface area (Å²) in [6, 6.07) is 13.1. The lowest BCUT2D eigenvalue weighted by molar-refractivity contribution is -0.134. The van der Waals surface area contributed by atoms with Gasteiger partial charge in [-0.05, 0) is 69.5 Å². The Balaban J connectivity index is 1.43. The Hall–Kier alpha value is -3.02. The lowest BCUT2D eigenvalue weighted by atomic mass is 10.0. The number of ether oxygens (including phenoxy) is 2. The third-order valence-corrected chi connectivity index (χ3v) is 5.29. The highest BCUT2D eigenvalue weighted by Gasteiger charge is 2.24. The van der Waals surface area contributed by atoms with Gasteiger partial charge in [0.2, 0.25) is 0 Å². The summed E-state index contributed by atoms with van der Waals surface area (Å²) < 4.78 is 11.1. The summed E-state index contributed by atoms with van der Waals surface area (Å²) in [4.78, 5) is 26.8. The van der Waals surface area contributed by atoms with Gasteiger partial charge in [0, 0.05) is 24.7 Å². The number of likely N-dealkylation sites (tertiary alicyclic amines) is 1. The van der Waals surface area contributed by atoms with Gasteiger partial charge in [0.15, 0.2) is 6.61 Å². The summed E-state index contributed by atoms with van der Waals surface area (Å²) in [5, 5.41) is 3.07. The van der Waals surface area contributed by atoms with Crippen LogP contribution in [0.25, 0.3) is 0 Å². The number of hydrogen-bond donors (Lipinski definition) is 1. The topological polar surface area (TPSA) is 67.9 Å². The van der Waals surface area contributed by atoms with E-state index >= 15 is 0 Å². The fourth-order valence-electron chi connectivity index (χ4n) is 3.60. The maximum atomic E-state index is 12.5. The quantitative estimate of drug-likeness (QED) is 0.759. The Kier molecular flexibility index (Phi) is 7.33. The van der Waals surface area contributed by atoms with Crippen LogP contribution >= 0.6 is 0 Å². The van der Waals surface area contributed by atoms with Crippen molar-refractivity contribution in [1.82, 2.24) is 10.2 Å². The summed E-state index contributed by atoms with van der Waals surface area (Å²) in [5.74, 6) is 1.38. The maximum Gasteiger partial charge on any atom is 0.260 e. The molecule has 0 atom stereocenters. The number of amides is 2. The number of nitrogens with one attached hydrogen (secondary N) is 1. The van der Waals surface area contributed by atoms with E-state index in [4.69, 9.17) is 9.47 Å². The molecular formula is C24H30N2O4. The van der Waals surface area contributed by atoms with Gasteiger partial charge in [-0.15, -0.1) is 0 Å². The van der Waals surface area contributed by atoms with E-state index in [2.05, 4.69) is 5.32 Å². The molecule has 2 amide bonds. The van der Waals surface area contributed by atoms with Gasteiger partial charge in [-0.1, -0.05) is 17.7 Å². The van der Waals surface area contributed by atoms with Crippen molar-refractivity contribution >= 4 is 11.8 Å². The van der Waals surface area contributed by atoms with E-state index in [9.17, 15) is 9.59 Å². The molecule has 6 nitrogen and oxygen atoms in total. The Morgan fingerprint density at radius 2 is 1.73 bits per heavy atom. The number of rotatable bonds is 7. The maximum absolute atomic E-state index is 12.5. The van der Waals surface area contributed by atoms with Crippen molar-refractivity contribution in [3.8, 4) is 11.5 Å². The first-order valence-corrected chi connectivity index (χ1v) is 10.5. The molecule has 0 aliphatic carbocycles. The third-order valence-electron chi connectivity index (χ3n) is 5.29. The van der Waals surface area contributed by atoms with E-state index in [1.165, 1.54) is 5.56 Å². The number of carbonyl (C=O) groups is 2. The number of piperidine rings is 1. The van der Waals surface area contributed by atoms with Gasteiger partial charge in [-0.25, -0.2) is 0 Å². The molecule has 0 unspecified atom stereocenters. The predicted molar refractivity (Wildman–Crippen MR) is 116 cm³/mol. The van der Waals surface area contributed by atoms with Crippen LogP contribution < -0.4 is 14.8 Å². The minimum atomic E-state index is -0.0963. The minimum absolute atomic E-state index is 0.0220. The zero-order chi connectivity index (χ0) is 21.5. The predicted octanol–water partition coefficient (Wildman–Crippen LogP) is 3.50. The van der Waals surface area contributed by atoms with Crippen LogP contribution in [-0.2, 0) is 4.79 Å². The second kappa shape index (κ2) is 10.1. The molecule has 1 aliphatic rings. The van der Waals surface area contributed by atoms with Gasteiger partial charge in [-0.2, -0.15) is 0 Å². The van der Waals surface area contributed by atoms with Crippen LogP contribution in [-0.4, -0.2) is 49.1 Å². The molecule has 2 aromatic rings. The van der Waals surface area contributed by atoms with Crippen LogP contribution in [0, 0.1) is 13.8 Å². The highest BCUT2D eigenvalue weighted by Crippen LogP contribution is 2.19. The Bertz CT molecular complexity index is 871. The summed E-state index contributed by atoms with van der Waals surface area (Å²) in [6.07, 6.45) is 1.47. The molecule has 30 heavy (non-hydrogen) atoms. The van der Waals surface area contributed by atoms with Crippen molar-refractivity contribution in [2.75, 3.05) is 26.3 Å². The van der Waals surface area contributed by atoms with Crippen LogP contribution in [0.3, 0.4) is 0 Å². The largest absolute Gasteiger partial charge is 0.494 e. The first-order chi connectivity index (χ1) is 14.5. The van der Waals surface area contributed by atoms with E-state index in [0.29, 0.717) is 25.3 Å². The van der Waals surface area contributed by atoms with Crippen molar-refractivity contribution in [3.05, 3.63) is 59.2 Å². The van der Waals surface area contributed by atoms with Crippen molar-refractivity contribution < 1.29 is 19.1 Å². The summed E-state index contributed by atoms with van der Waals surface area (Å²) in [6.45, 7) is 7.79. The third kappa shape index (κ3) is 5.75. The molecule has 6 heteroatoms. The van der Waals surface area contributed by atoms with E-state index < -0.39 is 0 Å². The summed E-state index contributed by atoms with van der Waals surface area (Å²) in [7, 11) is 0. The molecule has 0 spiro atoms. The smallest absolute Gasteiger partial charge is 0.260 e. The monoisotopic (exact) mass is 410 g/mol. The number of benzene rings is 2. The number of nitrogens with zero attached hydrogens (tertiary/aromatic N) is 1. The molecule has 3 rings (SSSR count). The van der Waals surface area contributed by atoms with E-state index in [0.717, 1.165) is 29.9 Å². The van der Waals surface area contributed by atoms with Crippen molar-refractivity contribution in [2.45, 2.75) is 39.7 Å². The SMILES string of the molecule is CCOc1ccc(C(=O)NC2CCN(C(=O)COc3ccc(C)cc3C)CC2)cc1. The fourth-order valence-corrected chi connectivity index (χ4v) is 3.60. The van der Waals surface area contributed by atoms with Crippen LogP contribution in [0.5, 0.6) is 11.5 Å². The molecule has 0 aromatic heterocycles. The van der Waals surface area contributed by atoms with Gasteiger partial charge >= 0.3 is 0 Å². The highest BCUT2D eigenvalue weighted by atomic mass is 16.5. The average Bonchev–Trinajstić information content (AvgIpc) is 2.74.